The minimum atomic E-state index is -0.874. The summed E-state index contributed by atoms with van der Waals surface area (Å²) in [4.78, 5) is 22.7. The number of benzene rings is 1. The average Bonchev–Trinajstić information content (AvgIpc) is 2.34. The minimum absolute atomic E-state index is 0.0166. The lowest BCUT2D eigenvalue weighted by Crippen LogP contribution is -2.26. The molecule has 0 aliphatic carbocycles. The maximum atomic E-state index is 10.7. The first-order valence-corrected chi connectivity index (χ1v) is 5.75. The lowest BCUT2D eigenvalue weighted by atomic mass is 10.2. The van der Waals surface area contributed by atoms with Crippen LogP contribution in [-0.2, 0) is 4.79 Å². The molecule has 0 amide bonds. The topological polar surface area (TPSA) is 83.7 Å². The SMILES string of the molecule is CCCN(CCC(=O)O)c1cccc([N+](=O)[O-])c1. The second-order valence-corrected chi connectivity index (χ2v) is 3.91. The van der Waals surface area contributed by atoms with E-state index in [9.17, 15) is 14.9 Å². The summed E-state index contributed by atoms with van der Waals surface area (Å²) in [5.41, 5.74) is 0.705. The highest BCUT2D eigenvalue weighted by Crippen LogP contribution is 2.21. The van der Waals surface area contributed by atoms with Gasteiger partial charge in [0, 0.05) is 30.9 Å². The highest BCUT2D eigenvalue weighted by molar-refractivity contribution is 5.67. The van der Waals surface area contributed by atoms with E-state index in [-0.39, 0.29) is 12.1 Å². The van der Waals surface area contributed by atoms with Crippen LogP contribution in [-0.4, -0.2) is 29.1 Å². The summed E-state index contributed by atoms with van der Waals surface area (Å²) in [6.45, 7) is 3.00. The van der Waals surface area contributed by atoms with E-state index in [1.165, 1.54) is 12.1 Å². The zero-order valence-electron chi connectivity index (χ0n) is 10.2. The Morgan fingerprint density at radius 1 is 1.44 bits per heavy atom. The summed E-state index contributed by atoms with van der Waals surface area (Å²) in [6, 6.07) is 6.25. The van der Waals surface area contributed by atoms with Crippen LogP contribution in [0.25, 0.3) is 0 Å². The zero-order chi connectivity index (χ0) is 13.5. The van der Waals surface area contributed by atoms with E-state index in [4.69, 9.17) is 5.11 Å². The van der Waals surface area contributed by atoms with Crippen LogP contribution in [0.15, 0.2) is 24.3 Å². The fraction of sp³-hybridized carbons (Fsp3) is 0.417. The molecule has 0 unspecified atom stereocenters. The Morgan fingerprint density at radius 2 is 2.17 bits per heavy atom. The van der Waals surface area contributed by atoms with Crippen molar-refractivity contribution in [3.05, 3.63) is 34.4 Å². The summed E-state index contributed by atoms with van der Waals surface area (Å²) < 4.78 is 0. The Balaban J connectivity index is 2.86. The predicted octanol–water partition coefficient (Wildman–Crippen LogP) is 2.29. The predicted molar refractivity (Wildman–Crippen MR) is 67.9 cm³/mol. The molecule has 1 aromatic rings. The molecule has 0 heterocycles. The van der Waals surface area contributed by atoms with Crippen LogP contribution in [0.5, 0.6) is 0 Å². The van der Waals surface area contributed by atoms with Crippen LogP contribution >= 0.6 is 0 Å². The monoisotopic (exact) mass is 252 g/mol. The van der Waals surface area contributed by atoms with E-state index in [1.807, 2.05) is 11.8 Å². The average molecular weight is 252 g/mol. The Bertz CT molecular complexity index is 434. The number of hydrogen-bond acceptors (Lipinski definition) is 4. The van der Waals surface area contributed by atoms with Crippen LogP contribution in [0, 0.1) is 10.1 Å². The fourth-order valence-corrected chi connectivity index (χ4v) is 1.67. The first kappa shape index (κ1) is 14.0. The Kier molecular flexibility index (Phi) is 5.10. The van der Waals surface area contributed by atoms with Crippen molar-refractivity contribution in [1.29, 1.82) is 0 Å². The second kappa shape index (κ2) is 6.58. The first-order chi connectivity index (χ1) is 8.54. The molecule has 0 spiro atoms. The van der Waals surface area contributed by atoms with Gasteiger partial charge < -0.3 is 10.0 Å². The number of non-ortho nitro benzene ring substituents is 1. The molecule has 0 saturated carbocycles. The molecule has 98 valence electrons. The maximum Gasteiger partial charge on any atom is 0.305 e. The Labute approximate surface area is 105 Å². The minimum Gasteiger partial charge on any atom is -0.481 e. The number of carboxylic acid groups (broad SMARTS) is 1. The first-order valence-electron chi connectivity index (χ1n) is 5.75. The molecule has 0 saturated heterocycles. The summed E-state index contributed by atoms with van der Waals surface area (Å²) in [5.74, 6) is -0.874. The van der Waals surface area contributed by atoms with Crippen molar-refractivity contribution in [2.75, 3.05) is 18.0 Å². The van der Waals surface area contributed by atoms with Crippen molar-refractivity contribution in [3.8, 4) is 0 Å². The third-order valence-electron chi connectivity index (χ3n) is 2.49. The molecule has 6 heteroatoms. The normalized spacial score (nSPS) is 10.1. The van der Waals surface area contributed by atoms with Gasteiger partial charge in [-0.1, -0.05) is 13.0 Å². The number of carbonyl (C=O) groups is 1. The number of carboxylic acids is 1. The smallest absolute Gasteiger partial charge is 0.305 e. The Morgan fingerprint density at radius 3 is 2.72 bits per heavy atom. The molecule has 0 aromatic heterocycles. The summed E-state index contributed by atoms with van der Waals surface area (Å²) in [5, 5.41) is 19.4. The van der Waals surface area contributed by atoms with Crippen LogP contribution in [0.4, 0.5) is 11.4 Å². The van der Waals surface area contributed by atoms with Gasteiger partial charge in [-0.3, -0.25) is 14.9 Å². The number of nitrogens with zero attached hydrogens (tertiary/aromatic N) is 2. The fourth-order valence-electron chi connectivity index (χ4n) is 1.67. The molecular formula is C12H16N2O4. The maximum absolute atomic E-state index is 10.7. The number of nitro benzene ring substituents is 1. The number of anilines is 1. The van der Waals surface area contributed by atoms with Gasteiger partial charge in [0.2, 0.25) is 0 Å². The van der Waals surface area contributed by atoms with Crippen molar-refractivity contribution >= 4 is 17.3 Å². The standard InChI is InChI=1S/C12H16N2O4/c1-2-7-13(8-6-12(15)16)10-4-3-5-11(9-10)14(17)18/h3-5,9H,2,6-8H2,1H3,(H,15,16). The molecule has 0 radical (unpaired) electrons. The van der Waals surface area contributed by atoms with Crippen LogP contribution < -0.4 is 4.90 Å². The molecule has 0 aliphatic rings. The summed E-state index contributed by atoms with van der Waals surface area (Å²) >= 11 is 0. The third kappa shape index (κ3) is 4.04. The van der Waals surface area contributed by atoms with Gasteiger partial charge in [-0.2, -0.15) is 0 Å². The highest BCUT2D eigenvalue weighted by Gasteiger charge is 2.11. The molecule has 0 atom stereocenters. The third-order valence-corrected chi connectivity index (χ3v) is 2.49. The molecule has 6 nitrogen and oxygen atoms in total. The zero-order valence-corrected chi connectivity index (χ0v) is 10.2. The molecule has 18 heavy (non-hydrogen) atoms. The van der Waals surface area contributed by atoms with E-state index in [1.54, 1.807) is 12.1 Å². The largest absolute Gasteiger partial charge is 0.481 e. The van der Waals surface area contributed by atoms with E-state index >= 15 is 0 Å². The van der Waals surface area contributed by atoms with E-state index in [0.29, 0.717) is 18.8 Å². The van der Waals surface area contributed by atoms with Crippen molar-refractivity contribution in [2.45, 2.75) is 19.8 Å². The lowest BCUT2D eigenvalue weighted by Gasteiger charge is -2.23. The van der Waals surface area contributed by atoms with Crippen molar-refractivity contribution in [1.82, 2.24) is 0 Å². The molecular weight excluding hydrogens is 236 g/mol. The van der Waals surface area contributed by atoms with Gasteiger partial charge in [0.05, 0.1) is 11.3 Å². The van der Waals surface area contributed by atoms with Gasteiger partial charge in [-0.05, 0) is 12.5 Å². The number of nitro groups is 1. The highest BCUT2D eigenvalue weighted by atomic mass is 16.6. The van der Waals surface area contributed by atoms with Gasteiger partial charge in [0.15, 0.2) is 0 Å². The van der Waals surface area contributed by atoms with E-state index in [0.717, 1.165) is 6.42 Å². The number of hydrogen-bond donors (Lipinski definition) is 1. The van der Waals surface area contributed by atoms with Crippen LogP contribution in [0.2, 0.25) is 0 Å². The second-order valence-electron chi connectivity index (χ2n) is 3.91. The van der Waals surface area contributed by atoms with Gasteiger partial charge in [0.1, 0.15) is 0 Å². The van der Waals surface area contributed by atoms with Gasteiger partial charge in [-0.15, -0.1) is 0 Å². The number of rotatable bonds is 7. The lowest BCUT2D eigenvalue weighted by molar-refractivity contribution is -0.384. The van der Waals surface area contributed by atoms with Gasteiger partial charge in [-0.25, -0.2) is 0 Å². The summed E-state index contributed by atoms with van der Waals surface area (Å²) in [6.07, 6.45) is 0.866. The summed E-state index contributed by atoms with van der Waals surface area (Å²) in [7, 11) is 0. The van der Waals surface area contributed by atoms with Gasteiger partial charge in [0.25, 0.3) is 5.69 Å². The van der Waals surface area contributed by atoms with E-state index in [2.05, 4.69) is 0 Å². The van der Waals surface area contributed by atoms with Crippen molar-refractivity contribution in [2.24, 2.45) is 0 Å². The van der Waals surface area contributed by atoms with Crippen LogP contribution in [0.3, 0.4) is 0 Å². The molecule has 0 bridgehead atoms. The van der Waals surface area contributed by atoms with Gasteiger partial charge >= 0.3 is 5.97 Å². The molecule has 1 aromatic carbocycles. The molecule has 0 aliphatic heterocycles. The molecule has 1 N–H and O–H groups in total. The van der Waals surface area contributed by atoms with Crippen LogP contribution in [0.1, 0.15) is 19.8 Å². The Hall–Kier alpha value is -2.11. The number of aliphatic carboxylic acids is 1. The molecule has 0 fully saturated rings. The molecule has 1 rings (SSSR count). The van der Waals surface area contributed by atoms with Crippen molar-refractivity contribution < 1.29 is 14.8 Å². The quantitative estimate of drug-likeness (QED) is 0.594. The van der Waals surface area contributed by atoms with E-state index < -0.39 is 10.9 Å². The van der Waals surface area contributed by atoms with Crippen molar-refractivity contribution in [3.63, 3.8) is 0 Å².